The van der Waals surface area contributed by atoms with Crippen molar-refractivity contribution in [3.63, 3.8) is 0 Å². The van der Waals surface area contributed by atoms with Crippen LogP contribution in [0.15, 0.2) is 23.2 Å². The number of aliphatic imine (C=N–C) groups is 1. The van der Waals surface area contributed by atoms with Crippen LogP contribution >= 0.6 is 11.6 Å². The van der Waals surface area contributed by atoms with Crippen molar-refractivity contribution in [2.45, 2.75) is 12.3 Å². The molecule has 0 aromatic heterocycles. The SMILES string of the molecule is NC(CCl)=Nc1cc(OCC(F)(F)C(F)F)cc([N+](=O)[O-])c1. The molecule has 6 nitrogen and oxygen atoms in total. The summed E-state index contributed by atoms with van der Waals surface area (Å²) in [6, 6.07) is 2.84. The molecule has 11 heteroatoms. The second kappa shape index (κ2) is 7.25. The van der Waals surface area contributed by atoms with Gasteiger partial charge in [0.05, 0.1) is 22.6 Å². The second-order valence-corrected chi connectivity index (χ2v) is 4.30. The maximum Gasteiger partial charge on any atom is 0.340 e. The van der Waals surface area contributed by atoms with E-state index in [-0.39, 0.29) is 17.4 Å². The number of non-ortho nitro benzene ring substituents is 1. The van der Waals surface area contributed by atoms with Crippen LogP contribution in [-0.4, -0.2) is 35.6 Å². The number of halogens is 5. The van der Waals surface area contributed by atoms with Gasteiger partial charge in [-0.05, 0) is 0 Å². The lowest BCUT2D eigenvalue weighted by Crippen LogP contribution is -2.33. The molecule has 0 heterocycles. The van der Waals surface area contributed by atoms with Crippen LogP contribution in [0.3, 0.4) is 0 Å². The smallest absolute Gasteiger partial charge is 0.340 e. The number of benzene rings is 1. The Morgan fingerprint density at radius 3 is 2.59 bits per heavy atom. The number of nitro benzene ring substituents is 1. The van der Waals surface area contributed by atoms with Gasteiger partial charge in [0.2, 0.25) is 0 Å². The highest BCUT2D eigenvalue weighted by atomic mass is 35.5. The van der Waals surface area contributed by atoms with Crippen LogP contribution in [0.1, 0.15) is 0 Å². The monoisotopic (exact) mass is 343 g/mol. The van der Waals surface area contributed by atoms with Gasteiger partial charge in [0, 0.05) is 12.1 Å². The first-order chi connectivity index (χ1) is 10.2. The van der Waals surface area contributed by atoms with Crippen LogP contribution in [-0.2, 0) is 0 Å². The molecular formula is C11H10ClF4N3O3. The summed E-state index contributed by atoms with van der Waals surface area (Å²) in [5.74, 6) is -5.05. The van der Waals surface area contributed by atoms with Gasteiger partial charge in [0.15, 0.2) is 6.61 Å². The minimum atomic E-state index is -4.39. The standard InChI is InChI=1S/C11H10ClF4N3O3/c12-4-9(17)18-6-1-7(19(20)21)3-8(2-6)22-5-11(15,16)10(13)14/h1-3,10H,4-5H2,(H2,17,18). The zero-order chi connectivity index (χ0) is 16.9. The van der Waals surface area contributed by atoms with E-state index < -0.39 is 35.3 Å². The van der Waals surface area contributed by atoms with Gasteiger partial charge in [-0.25, -0.2) is 13.8 Å². The van der Waals surface area contributed by atoms with Gasteiger partial charge in [-0.2, -0.15) is 8.78 Å². The van der Waals surface area contributed by atoms with E-state index in [0.29, 0.717) is 0 Å². The summed E-state index contributed by atoms with van der Waals surface area (Å²) < 4.78 is 54.1. The highest BCUT2D eigenvalue weighted by Gasteiger charge is 2.41. The lowest BCUT2D eigenvalue weighted by Gasteiger charge is -2.16. The zero-order valence-electron chi connectivity index (χ0n) is 10.8. The summed E-state index contributed by atoms with van der Waals surface area (Å²) in [6.07, 6.45) is -3.92. The summed E-state index contributed by atoms with van der Waals surface area (Å²) in [4.78, 5) is 13.6. The fourth-order valence-corrected chi connectivity index (χ4v) is 1.32. The third kappa shape index (κ3) is 5.02. The van der Waals surface area contributed by atoms with Crippen molar-refractivity contribution in [1.82, 2.24) is 0 Å². The third-order valence-electron chi connectivity index (χ3n) is 2.25. The van der Waals surface area contributed by atoms with E-state index in [2.05, 4.69) is 9.73 Å². The van der Waals surface area contributed by atoms with Crippen LogP contribution in [0.5, 0.6) is 5.75 Å². The number of amidine groups is 1. The zero-order valence-corrected chi connectivity index (χ0v) is 11.6. The Kier molecular flexibility index (Phi) is 5.92. The molecule has 0 atom stereocenters. The van der Waals surface area contributed by atoms with Crippen molar-refractivity contribution in [3.05, 3.63) is 28.3 Å². The molecule has 0 aliphatic carbocycles. The maximum absolute atomic E-state index is 12.8. The van der Waals surface area contributed by atoms with Crippen molar-refractivity contribution in [1.29, 1.82) is 0 Å². The van der Waals surface area contributed by atoms with Gasteiger partial charge in [0.25, 0.3) is 5.69 Å². The number of hydrogen-bond acceptors (Lipinski definition) is 4. The van der Waals surface area contributed by atoms with E-state index >= 15 is 0 Å². The number of alkyl halides is 5. The predicted octanol–water partition coefficient (Wildman–Crippen LogP) is 3.10. The van der Waals surface area contributed by atoms with Gasteiger partial charge in [-0.1, -0.05) is 0 Å². The third-order valence-corrected chi connectivity index (χ3v) is 2.52. The fourth-order valence-electron chi connectivity index (χ4n) is 1.26. The van der Waals surface area contributed by atoms with Gasteiger partial charge >= 0.3 is 12.3 Å². The largest absolute Gasteiger partial charge is 0.487 e. The summed E-state index contributed by atoms with van der Waals surface area (Å²) in [5.41, 5.74) is 4.74. The highest BCUT2D eigenvalue weighted by Crippen LogP contribution is 2.30. The predicted molar refractivity (Wildman–Crippen MR) is 71.5 cm³/mol. The van der Waals surface area contributed by atoms with E-state index in [4.69, 9.17) is 17.3 Å². The van der Waals surface area contributed by atoms with E-state index in [0.717, 1.165) is 18.2 Å². The van der Waals surface area contributed by atoms with Crippen molar-refractivity contribution in [3.8, 4) is 5.75 Å². The Morgan fingerprint density at radius 1 is 1.45 bits per heavy atom. The Balaban J connectivity index is 3.06. The summed E-state index contributed by atoms with van der Waals surface area (Å²) >= 11 is 5.40. The van der Waals surface area contributed by atoms with Crippen LogP contribution in [0.4, 0.5) is 28.9 Å². The normalized spacial score (nSPS) is 12.5. The summed E-state index contributed by atoms with van der Waals surface area (Å²) in [7, 11) is 0. The Labute approximate surface area is 126 Å². The van der Waals surface area contributed by atoms with Gasteiger partial charge < -0.3 is 10.5 Å². The molecule has 0 unspecified atom stereocenters. The van der Waals surface area contributed by atoms with Gasteiger partial charge in [0.1, 0.15) is 11.6 Å². The molecule has 2 N–H and O–H groups in total. The average molecular weight is 344 g/mol. The van der Waals surface area contributed by atoms with Gasteiger partial charge in [-0.3, -0.25) is 10.1 Å². The van der Waals surface area contributed by atoms with Crippen molar-refractivity contribution < 1.29 is 27.2 Å². The van der Waals surface area contributed by atoms with Crippen molar-refractivity contribution in [2.24, 2.45) is 10.7 Å². The number of ether oxygens (including phenoxy) is 1. The molecule has 122 valence electrons. The van der Waals surface area contributed by atoms with Crippen molar-refractivity contribution >= 4 is 28.8 Å². The topological polar surface area (TPSA) is 90.8 Å². The lowest BCUT2D eigenvalue weighted by atomic mass is 10.2. The van der Waals surface area contributed by atoms with Crippen LogP contribution in [0.2, 0.25) is 0 Å². The molecule has 0 aliphatic heterocycles. The van der Waals surface area contributed by atoms with Crippen LogP contribution < -0.4 is 10.5 Å². The molecule has 1 aromatic carbocycles. The Morgan fingerprint density at radius 2 is 2.09 bits per heavy atom. The summed E-state index contributed by atoms with van der Waals surface area (Å²) in [6.45, 7) is -1.64. The number of nitro groups is 1. The minimum absolute atomic E-state index is 0.0778. The highest BCUT2D eigenvalue weighted by molar-refractivity contribution is 6.28. The molecule has 0 saturated heterocycles. The number of hydrogen-bond donors (Lipinski definition) is 1. The number of nitrogens with zero attached hydrogens (tertiary/aromatic N) is 2. The van der Waals surface area contributed by atoms with Crippen molar-refractivity contribution in [2.75, 3.05) is 12.5 Å². The molecule has 0 aliphatic rings. The molecular weight excluding hydrogens is 334 g/mol. The first kappa shape index (κ1) is 18.0. The quantitative estimate of drug-likeness (QED) is 0.206. The molecule has 0 amide bonds. The first-order valence-corrected chi connectivity index (χ1v) is 6.16. The average Bonchev–Trinajstić information content (AvgIpc) is 2.44. The molecule has 1 rings (SSSR count). The molecule has 0 bridgehead atoms. The molecule has 0 saturated carbocycles. The van der Waals surface area contributed by atoms with Crippen LogP contribution in [0, 0.1) is 10.1 Å². The fraction of sp³-hybridized carbons (Fsp3) is 0.364. The number of rotatable bonds is 7. The van der Waals surface area contributed by atoms with Gasteiger partial charge in [-0.15, -0.1) is 11.6 Å². The number of nitrogens with two attached hydrogens (primary N) is 1. The Bertz CT molecular complexity index is 584. The molecule has 0 radical (unpaired) electrons. The molecule has 0 fully saturated rings. The van der Waals surface area contributed by atoms with E-state index in [1.165, 1.54) is 0 Å². The lowest BCUT2D eigenvalue weighted by molar-refractivity contribution is -0.384. The van der Waals surface area contributed by atoms with E-state index in [9.17, 15) is 27.7 Å². The summed E-state index contributed by atoms with van der Waals surface area (Å²) in [5, 5.41) is 10.7. The molecule has 0 spiro atoms. The first-order valence-electron chi connectivity index (χ1n) is 5.63. The maximum atomic E-state index is 12.8. The minimum Gasteiger partial charge on any atom is -0.487 e. The van der Waals surface area contributed by atoms with E-state index in [1.807, 2.05) is 0 Å². The Hall–Kier alpha value is -2.10. The molecule has 1 aromatic rings. The van der Waals surface area contributed by atoms with Crippen LogP contribution in [0.25, 0.3) is 0 Å². The second-order valence-electron chi connectivity index (χ2n) is 4.03. The molecule has 22 heavy (non-hydrogen) atoms. The van der Waals surface area contributed by atoms with E-state index in [1.54, 1.807) is 0 Å².